The Morgan fingerprint density at radius 2 is 2.10 bits per heavy atom. The van der Waals surface area contributed by atoms with Gasteiger partial charge in [-0.1, -0.05) is 0 Å². The second kappa shape index (κ2) is 6.57. The molecule has 0 saturated heterocycles. The quantitative estimate of drug-likeness (QED) is 0.840. The number of hydrogen-bond acceptors (Lipinski definition) is 4. The lowest BCUT2D eigenvalue weighted by Gasteiger charge is -2.13. The maximum absolute atomic E-state index is 12.1. The van der Waals surface area contributed by atoms with Crippen LogP contribution in [0.1, 0.15) is 16.9 Å². The van der Waals surface area contributed by atoms with Crippen molar-refractivity contribution < 1.29 is 9.53 Å². The summed E-state index contributed by atoms with van der Waals surface area (Å²) in [7, 11) is 3.27. The average molecular weight is 284 g/mol. The molecule has 108 valence electrons. The Bertz CT molecular complexity index is 655. The summed E-state index contributed by atoms with van der Waals surface area (Å²) in [5.74, 6) is 0.566. The predicted octanol–water partition coefficient (Wildman–Crippen LogP) is 1.87. The van der Waals surface area contributed by atoms with Gasteiger partial charge in [-0.05, 0) is 30.3 Å². The van der Waals surface area contributed by atoms with Gasteiger partial charge in [-0.2, -0.15) is 10.4 Å². The molecule has 1 amide bonds. The average Bonchev–Trinajstić information content (AvgIpc) is 3.01. The maximum Gasteiger partial charge on any atom is 0.274 e. The molecule has 1 aromatic heterocycles. The number of rotatable bonds is 5. The van der Waals surface area contributed by atoms with Crippen molar-refractivity contribution in [2.24, 2.45) is 0 Å². The van der Waals surface area contributed by atoms with Crippen LogP contribution in [0.25, 0.3) is 5.69 Å². The number of nitrogens with zero attached hydrogens (tertiary/aromatic N) is 4. The summed E-state index contributed by atoms with van der Waals surface area (Å²) >= 11 is 0. The summed E-state index contributed by atoms with van der Waals surface area (Å²) in [6, 6.07) is 11.1. The number of carbonyl (C=O) groups excluding carboxylic acids is 1. The Hall–Kier alpha value is -2.81. The topological polar surface area (TPSA) is 71.2 Å². The molecule has 0 spiro atoms. The van der Waals surface area contributed by atoms with Gasteiger partial charge in [0.05, 0.1) is 25.3 Å². The molecule has 0 aliphatic rings. The lowest BCUT2D eigenvalue weighted by molar-refractivity contribution is 0.0792. The van der Waals surface area contributed by atoms with Crippen molar-refractivity contribution >= 4 is 5.91 Å². The number of carbonyl (C=O) groups is 1. The molecule has 0 atom stereocenters. The molecule has 21 heavy (non-hydrogen) atoms. The van der Waals surface area contributed by atoms with Crippen LogP contribution in [0.15, 0.2) is 36.5 Å². The first-order chi connectivity index (χ1) is 10.2. The normalized spacial score (nSPS) is 9.95. The molecular formula is C15H16N4O2. The van der Waals surface area contributed by atoms with Gasteiger partial charge in [0.1, 0.15) is 5.75 Å². The molecule has 2 rings (SSSR count). The molecule has 0 saturated carbocycles. The lowest BCUT2D eigenvalue weighted by atomic mass is 10.3. The van der Waals surface area contributed by atoms with Crippen LogP contribution >= 0.6 is 0 Å². The van der Waals surface area contributed by atoms with E-state index >= 15 is 0 Å². The van der Waals surface area contributed by atoms with E-state index in [9.17, 15) is 4.79 Å². The summed E-state index contributed by atoms with van der Waals surface area (Å²) in [5, 5.41) is 12.8. The van der Waals surface area contributed by atoms with Gasteiger partial charge in [-0.25, -0.2) is 4.68 Å². The monoisotopic (exact) mass is 284 g/mol. The number of hydrogen-bond donors (Lipinski definition) is 0. The van der Waals surface area contributed by atoms with Gasteiger partial charge in [0.15, 0.2) is 5.69 Å². The predicted molar refractivity (Wildman–Crippen MR) is 77.3 cm³/mol. The van der Waals surface area contributed by atoms with Crippen LogP contribution in [-0.4, -0.2) is 41.3 Å². The molecule has 6 heteroatoms. The molecule has 2 aromatic rings. The van der Waals surface area contributed by atoms with Gasteiger partial charge in [0, 0.05) is 19.8 Å². The standard InChI is InChI=1S/C15H16N4O2/c1-18(10-3-9-16)15(20)14-8-11-19(17-14)12-4-6-13(21-2)7-5-12/h4-8,11H,3,10H2,1-2H3. The lowest BCUT2D eigenvalue weighted by Crippen LogP contribution is -2.28. The van der Waals surface area contributed by atoms with E-state index < -0.39 is 0 Å². The first kappa shape index (κ1) is 14.6. The minimum absolute atomic E-state index is 0.197. The van der Waals surface area contributed by atoms with Crippen molar-refractivity contribution in [2.75, 3.05) is 20.7 Å². The van der Waals surface area contributed by atoms with E-state index in [1.54, 1.807) is 31.1 Å². The molecule has 0 fully saturated rings. The molecule has 6 nitrogen and oxygen atoms in total. The van der Waals surface area contributed by atoms with Crippen LogP contribution in [0.4, 0.5) is 0 Å². The highest BCUT2D eigenvalue weighted by Gasteiger charge is 2.14. The van der Waals surface area contributed by atoms with E-state index in [4.69, 9.17) is 10.00 Å². The summed E-state index contributed by atoms with van der Waals surface area (Å²) in [5.41, 5.74) is 1.20. The molecule has 1 heterocycles. The minimum atomic E-state index is -0.197. The van der Waals surface area contributed by atoms with E-state index in [0.29, 0.717) is 18.7 Å². The van der Waals surface area contributed by atoms with Gasteiger partial charge in [0.25, 0.3) is 5.91 Å². The Morgan fingerprint density at radius 1 is 1.38 bits per heavy atom. The third-order valence-electron chi connectivity index (χ3n) is 3.05. The van der Waals surface area contributed by atoms with E-state index in [-0.39, 0.29) is 5.91 Å². The molecule has 0 radical (unpaired) electrons. The third-order valence-corrected chi connectivity index (χ3v) is 3.05. The second-order valence-electron chi connectivity index (χ2n) is 4.48. The highest BCUT2D eigenvalue weighted by atomic mass is 16.5. The van der Waals surface area contributed by atoms with E-state index in [1.165, 1.54) is 4.90 Å². The SMILES string of the molecule is COc1ccc(-n2ccc(C(=O)N(C)CCC#N)n2)cc1. The van der Waals surface area contributed by atoms with Crippen LogP contribution in [0.5, 0.6) is 5.75 Å². The first-order valence-corrected chi connectivity index (χ1v) is 6.48. The smallest absolute Gasteiger partial charge is 0.274 e. The fraction of sp³-hybridized carbons (Fsp3) is 0.267. The summed E-state index contributed by atoms with van der Waals surface area (Å²) in [4.78, 5) is 13.6. The van der Waals surface area contributed by atoms with E-state index in [0.717, 1.165) is 11.4 Å². The number of amides is 1. The Morgan fingerprint density at radius 3 is 2.71 bits per heavy atom. The summed E-state index contributed by atoms with van der Waals surface area (Å²) < 4.78 is 6.73. The van der Waals surface area contributed by atoms with Gasteiger partial charge in [-0.15, -0.1) is 0 Å². The molecule has 1 aromatic carbocycles. The van der Waals surface area contributed by atoms with E-state index in [2.05, 4.69) is 5.10 Å². The van der Waals surface area contributed by atoms with Gasteiger partial charge >= 0.3 is 0 Å². The van der Waals surface area contributed by atoms with Crippen molar-refractivity contribution in [3.8, 4) is 17.5 Å². The zero-order chi connectivity index (χ0) is 15.2. The first-order valence-electron chi connectivity index (χ1n) is 6.48. The number of aromatic nitrogens is 2. The van der Waals surface area contributed by atoms with Crippen molar-refractivity contribution in [3.05, 3.63) is 42.2 Å². The fourth-order valence-corrected chi connectivity index (χ4v) is 1.83. The zero-order valence-electron chi connectivity index (χ0n) is 12.0. The number of nitriles is 1. The highest BCUT2D eigenvalue weighted by Crippen LogP contribution is 2.14. The Kier molecular flexibility index (Phi) is 4.57. The number of benzene rings is 1. The summed E-state index contributed by atoms with van der Waals surface area (Å²) in [6.45, 7) is 0.394. The molecule has 0 N–H and O–H groups in total. The van der Waals surface area contributed by atoms with Gasteiger partial charge in [0.2, 0.25) is 0 Å². The van der Waals surface area contributed by atoms with Gasteiger partial charge in [-0.3, -0.25) is 4.79 Å². The van der Waals surface area contributed by atoms with Crippen LogP contribution in [0, 0.1) is 11.3 Å². The highest BCUT2D eigenvalue weighted by molar-refractivity contribution is 5.92. The van der Waals surface area contributed by atoms with Crippen molar-refractivity contribution in [2.45, 2.75) is 6.42 Å². The zero-order valence-corrected chi connectivity index (χ0v) is 12.0. The van der Waals surface area contributed by atoms with Crippen molar-refractivity contribution in [1.29, 1.82) is 5.26 Å². The molecule has 0 aliphatic heterocycles. The number of methoxy groups -OCH3 is 1. The van der Waals surface area contributed by atoms with Gasteiger partial charge < -0.3 is 9.64 Å². The van der Waals surface area contributed by atoms with E-state index in [1.807, 2.05) is 30.3 Å². The fourth-order valence-electron chi connectivity index (χ4n) is 1.83. The Balaban J connectivity index is 2.13. The number of ether oxygens (including phenoxy) is 1. The minimum Gasteiger partial charge on any atom is -0.497 e. The van der Waals surface area contributed by atoms with Crippen LogP contribution in [-0.2, 0) is 0 Å². The maximum atomic E-state index is 12.1. The largest absolute Gasteiger partial charge is 0.497 e. The van der Waals surface area contributed by atoms with Crippen LogP contribution in [0.2, 0.25) is 0 Å². The molecule has 0 bridgehead atoms. The Labute approximate surface area is 123 Å². The molecule has 0 aliphatic carbocycles. The van der Waals surface area contributed by atoms with Crippen LogP contribution < -0.4 is 4.74 Å². The van der Waals surface area contributed by atoms with Crippen molar-refractivity contribution in [1.82, 2.24) is 14.7 Å². The summed E-state index contributed by atoms with van der Waals surface area (Å²) in [6.07, 6.45) is 2.04. The molecular weight excluding hydrogens is 268 g/mol. The third kappa shape index (κ3) is 3.39. The molecule has 0 unspecified atom stereocenters. The second-order valence-corrected chi connectivity index (χ2v) is 4.48. The van der Waals surface area contributed by atoms with Crippen LogP contribution in [0.3, 0.4) is 0 Å². The van der Waals surface area contributed by atoms with Crippen molar-refractivity contribution in [3.63, 3.8) is 0 Å².